The number of nitrogens with one attached hydrogen (secondary N) is 1. The Morgan fingerprint density at radius 2 is 2.04 bits per heavy atom. The van der Waals surface area contributed by atoms with Crippen LogP contribution in [0.5, 0.6) is 0 Å². The number of aryl methyl sites for hydroxylation is 1. The molecular formula is C17H13F2N3O2. The fourth-order valence-electron chi connectivity index (χ4n) is 2.10. The first-order valence-electron chi connectivity index (χ1n) is 7.23. The maximum Gasteiger partial charge on any atom is 0.226 e. The van der Waals surface area contributed by atoms with Crippen LogP contribution >= 0.6 is 0 Å². The van der Waals surface area contributed by atoms with E-state index in [0.29, 0.717) is 11.7 Å². The van der Waals surface area contributed by atoms with Crippen molar-refractivity contribution < 1.29 is 18.0 Å². The minimum absolute atomic E-state index is 0.119. The Bertz CT molecular complexity index is 850. The molecule has 0 saturated carbocycles. The number of pyridine rings is 1. The van der Waals surface area contributed by atoms with Crippen molar-refractivity contribution in [2.24, 2.45) is 0 Å². The van der Waals surface area contributed by atoms with E-state index in [9.17, 15) is 13.6 Å². The van der Waals surface area contributed by atoms with E-state index in [2.05, 4.69) is 15.3 Å². The van der Waals surface area contributed by atoms with E-state index in [1.165, 1.54) is 12.3 Å². The van der Waals surface area contributed by atoms with Crippen LogP contribution < -0.4 is 5.32 Å². The van der Waals surface area contributed by atoms with Crippen LogP contribution in [0.3, 0.4) is 0 Å². The molecular weight excluding hydrogens is 316 g/mol. The standard InChI is InChI=1S/C17H13F2N3O2/c18-11-4-5-12(13(19)9-11)14-10-21-17(24-14)7-6-16(23)22-15-3-1-2-8-20-15/h1-5,8-10H,6-7H2,(H,20,22,23). The van der Waals surface area contributed by atoms with E-state index in [1.54, 1.807) is 24.4 Å². The van der Waals surface area contributed by atoms with Gasteiger partial charge in [-0.2, -0.15) is 0 Å². The van der Waals surface area contributed by atoms with Gasteiger partial charge in [0.2, 0.25) is 5.91 Å². The molecule has 0 saturated heterocycles. The highest BCUT2D eigenvalue weighted by atomic mass is 19.1. The van der Waals surface area contributed by atoms with E-state index < -0.39 is 11.6 Å². The molecule has 0 fully saturated rings. The number of halogens is 2. The van der Waals surface area contributed by atoms with Crippen LogP contribution in [0.4, 0.5) is 14.6 Å². The zero-order chi connectivity index (χ0) is 16.9. The quantitative estimate of drug-likeness (QED) is 0.777. The van der Waals surface area contributed by atoms with Gasteiger partial charge in [0.05, 0.1) is 11.8 Å². The lowest BCUT2D eigenvalue weighted by molar-refractivity contribution is -0.116. The molecule has 3 rings (SSSR count). The molecule has 1 aromatic carbocycles. The Morgan fingerprint density at radius 3 is 2.79 bits per heavy atom. The van der Waals surface area contributed by atoms with Gasteiger partial charge in [0.1, 0.15) is 17.5 Å². The number of carbonyl (C=O) groups is 1. The summed E-state index contributed by atoms with van der Waals surface area (Å²) in [4.78, 5) is 19.8. The van der Waals surface area contributed by atoms with Crippen molar-refractivity contribution in [1.82, 2.24) is 9.97 Å². The lowest BCUT2D eigenvalue weighted by Crippen LogP contribution is -2.13. The summed E-state index contributed by atoms with van der Waals surface area (Å²) in [6.45, 7) is 0. The van der Waals surface area contributed by atoms with Gasteiger partial charge in [-0.3, -0.25) is 4.79 Å². The average Bonchev–Trinajstić information content (AvgIpc) is 3.02. The Labute approximate surface area is 136 Å². The maximum absolute atomic E-state index is 13.7. The lowest BCUT2D eigenvalue weighted by Gasteiger charge is -2.02. The zero-order valence-corrected chi connectivity index (χ0v) is 12.5. The van der Waals surface area contributed by atoms with Crippen molar-refractivity contribution in [2.45, 2.75) is 12.8 Å². The Kier molecular flexibility index (Phi) is 4.60. The molecule has 1 N–H and O–H groups in total. The maximum atomic E-state index is 13.7. The summed E-state index contributed by atoms with van der Waals surface area (Å²) >= 11 is 0. The normalized spacial score (nSPS) is 10.6. The monoisotopic (exact) mass is 329 g/mol. The van der Waals surface area contributed by atoms with Crippen LogP contribution in [0.2, 0.25) is 0 Å². The first-order chi connectivity index (χ1) is 11.6. The van der Waals surface area contributed by atoms with Crippen LogP contribution in [0, 0.1) is 11.6 Å². The van der Waals surface area contributed by atoms with Crippen LogP contribution in [-0.4, -0.2) is 15.9 Å². The summed E-state index contributed by atoms with van der Waals surface area (Å²) in [5.41, 5.74) is 0.119. The second-order valence-corrected chi connectivity index (χ2v) is 5.01. The van der Waals surface area contributed by atoms with Crippen molar-refractivity contribution in [3.8, 4) is 11.3 Å². The molecule has 2 aromatic heterocycles. The van der Waals surface area contributed by atoms with Crippen molar-refractivity contribution in [3.63, 3.8) is 0 Å². The minimum atomic E-state index is -0.731. The van der Waals surface area contributed by atoms with Gasteiger partial charge in [-0.05, 0) is 24.3 Å². The Hall–Kier alpha value is -3.09. The first kappa shape index (κ1) is 15.8. The number of benzene rings is 1. The van der Waals surface area contributed by atoms with Gasteiger partial charge in [0.15, 0.2) is 11.7 Å². The summed E-state index contributed by atoms with van der Waals surface area (Å²) in [5.74, 6) is -0.685. The summed E-state index contributed by atoms with van der Waals surface area (Å²) < 4.78 is 32.0. The highest BCUT2D eigenvalue weighted by Crippen LogP contribution is 2.24. The van der Waals surface area contributed by atoms with Gasteiger partial charge >= 0.3 is 0 Å². The zero-order valence-electron chi connectivity index (χ0n) is 12.5. The van der Waals surface area contributed by atoms with E-state index >= 15 is 0 Å². The fraction of sp³-hybridized carbons (Fsp3) is 0.118. The van der Waals surface area contributed by atoms with E-state index in [4.69, 9.17) is 4.42 Å². The molecule has 0 atom stereocenters. The predicted molar refractivity (Wildman–Crippen MR) is 83.0 cm³/mol. The summed E-state index contributed by atoms with van der Waals surface area (Å²) in [7, 11) is 0. The lowest BCUT2D eigenvalue weighted by atomic mass is 10.2. The molecule has 0 radical (unpaired) electrons. The fourth-order valence-corrected chi connectivity index (χ4v) is 2.10. The number of aromatic nitrogens is 2. The predicted octanol–water partition coefficient (Wildman–Crippen LogP) is 3.59. The molecule has 122 valence electrons. The molecule has 24 heavy (non-hydrogen) atoms. The number of oxazole rings is 1. The van der Waals surface area contributed by atoms with Gasteiger partial charge in [0.25, 0.3) is 0 Å². The molecule has 0 aliphatic carbocycles. The van der Waals surface area contributed by atoms with E-state index in [-0.39, 0.29) is 30.1 Å². The van der Waals surface area contributed by atoms with Crippen molar-refractivity contribution >= 4 is 11.7 Å². The number of hydrogen-bond donors (Lipinski definition) is 1. The van der Waals surface area contributed by atoms with Gasteiger partial charge < -0.3 is 9.73 Å². The Morgan fingerprint density at radius 1 is 1.17 bits per heavy atom. The van der Waals surface area contributed by atoms with Gasteiger partial charge in [0, 0.05) is 25.1 Å². The Balaban J connectivity index is 1.61. The number of hydrogen-bond acceptors (Lipinski definition) is 4. The molecule has 0 aliphatic rings. The summed E-state index contributed by atoms with van der Waals surface area (Å²) in [5, 5.41) is 2.64. The third kappa shape index (κ3) is 3.81. The number of rotatable bonds is 5. The van der Waals surface area contributed by atoms with Crippen LogP contribution in [0.1, 0.15) is 12.3 Å². The summed E-state index contributed by atoms with van der Waals surface area (Å²) in [6, 6.07) is 8.39. The molecule has 2 heterocycles. The highest BCUT2D eigenvalue weighted by Gasteiger charge is 2.13. The third-order valence-corrected chi connectivity index (χ3v) is 3.25. The summed E-state index contributed by atoms with van der Waals surface area (Å²) in [6.07, 6.45) is 3.32. The smallest absolute Gasteiger partial charge is 0.226 e. The van der Waals surface area contributed by atoms with E-state index in [0.717, 1.165) is 12.1 Å². The van der Waals surface area contributed by atoms with Crippen LogP contribution in [-0.2, 0) is 11.2 Å². The average molecular weight is 329 g/mol. The number of carbonyl (C=O) groups excluding carboxylic acids is 1. The minimum Gasteiger partial charge on any atom is -0.441 e. The molecule has 0 aliphatic heterocycles. The molecule has 1 amide bonds. The molecule has 5 nitrogen and oxygen atoms in total. The van der Waals surface area contributed by atoms with E-state index in [1.807, 2.05) is 0 Å². The first-order valence-corrected chi connectivity index (χ1v) is 7.23. The van der Waals surface area contributed by atoms with Crippen LogP contribution in [0.15, 0.2) is 53.2 Å². The van der Waals surface area contributed by atoms with Crippen LogP contribution in [0.25, 0.3) is 11.3 Å². The van der Waals surface area contributed by atoms with Crippen molar-refractivity contribution in [1.29, 1.82) is 0 Å². The van der Waals surface area contributed by atoms with Gasteiger partial charge in [-0.25, -0.2) is 18.7 Å². The molecule has 0 spiro atoms. The molecule has 0 bridgehead atoms. The van der Waals surface area contributed by atoms with Crippen molar-refractivity contribution in [3.05, 3.63) is 66.3 Å². The molecule has 0 unspecified atom stereocenters. The second-order valence-electron chi connectivity index (χ2n) is 5.01. The van der Waals surface area contributed by atoms with Gasteiger partial charge in [-0.1, -0.05) is 6.07 Å². The van der Waals surface area contributed by atoms with Crippen molar-refractivity contribution in [2.75, 3.05) is 5.32 Å². The molecule has 7 heteroatoms. The largest absolute Gasteiger partial charge is 0.441 e. The third-order valence-electron chi connectivity index (χ3n) is 3.25. The number of nitrogens with zero attached hydrogens (tertiary/aromatic N) is 2. The number of anilines is 1. The topological polar surface area (TPSA) is 68.0 Å². The highest BCUT2D eigenvalue weighted by molar-refractivity contribution is 5.89. The molecule has 3 aromatic rings. The second kappa shape index (κ2) is 6.99. The number of amides is 1. The SMILES string of the molecule is O=C(CCc1ncc(-c2ccc(F)cc2F)o1)Nc1ccccn1. The van der Waals surface area contributed by atoms with Gasteiger partial charge in [-0.15, -0.1) is 0 Å².